The number of para-hydroxylation sites is 1. The third-order valence-corrected chi connectivity index (χ3v) is 8.64. The first-order valence-electron chi connectivity index (χ1n) is 12.6. The van der Waals surface area contributed by atoms with Gasteiger partial charge in [0, 0.05) is 28.2 Å². The van der Waals surface area contributed by atoms with Gasteiger partial charge in [-0.3, -0.25) is 13.9 Å². The second kappa shape index (κ2) is 13.3. The fourth-order valence-corrected chi connectivity index (χ4v) is 6.05. The van der Waals surface area contributed by atoms with Crippen molar-refractivity contribution >= 4 is 50.7 Å². The molecule has 0 saturated heterocycles. The number of rotatable bonds is 11. The van der Waals surface area contributed by atoms with E-state index in [-0.39, 0.29) is 23.4 Å². The Bertz CT molecular complexity index is 1380. The van der Waals surface area contributed by atoms with E-state index in [0.29, 0.717) is 27.7 Å². The number of anilines is 1. The molecule has 0 fully saturated rings. The Balaban J connectivity index is 2.08. The first-order valence-corrected chi connectivity index (χ1v) is 14.8. The Morgan fingerprint density at radius 3 is 2.03 bits per heavy atom. The van der Waals surface area contributed by atoms with Gasteiger partial charge in [0.25, 0.3) is 10.0 Å². The maximum Gasteiger partial charge on any atom is 0.264 e. The van der Waals surface area contributed by atoms with Gasteiger partial charge in [-0.1, -0.05) is 72.1 Å². The third kappa shape index (κ3) is 7.53. The molecule has 2 amide bonds. The highest BCUT2D eigenvalue weighted by Gasteiger charge is 2.34. The largest absolute Gasteiger partial charge is 0.352 e. The normalized spacial score (nSPS) is 12.2. The van der Waals surface area contributed by atoms with E-state index in [1.807, 2.05) is 20.8 Å². The minimum Gasteiger partial charge on any atom is -0.352 e. The maximum atomic E-state index is 14.0. The van der Waals surface area contributed by atoms with Gasteiger partial charge in [0.1, 0.15) is 12.6 Å². The highest BCUT2D eigenvalue weighted by molar-refractivity contribution is 7.92. The number of hydrogen-bond donors (Lipinski definition) is 1. The molecule has 1 atom stereocenters. The number of nitrogens with one attached hydrogen (secondary N) is 1. The van der Waals surface area contributed by atoms with Crippen LogP contribution in [0.15, 0.2) is 77.7 Å². The zero-order chi connectivity index (χ0) is 28.7. The van der Waals surface area contributed by atoms with Crippen LogP contribution in [-0.2, 0) is 26.2 Å². The first-order chi connectivity index (χ1) is 18.4. The van der Waals surface area contributed by atoms with E-state index in [0.717, 1.165) is 9.87 Å². The van der Waals surface area contributed by atoms with E-state index >= 15 is 0 Å². The molecule has 208 valence electrons. The lowest BCUT2D eigenvalue weighted by Gasteiger charge is -2.34. The summed E-state index contributed by atoms with van der Waals surface area (Å²) in [6.07, 6.45) is 0.294. The number of benzene rings is 3. The number of nitrogens with zero attached hydrogens (tertiary/aromatic N) is 2. The molecule has 3 aromatic rings. The number of amides is 2. The SMILES string of the molecule is CCC(C(=O)NC(C)C)N(Cc1c(Cl)cccc1Cl)C(=O)CN(c1ccccc1)S(=O)(=O)c1ccc(C)cc1. The molecule has 1 unspecified atom stereocenters. The van der Waals surface area contributed by atoms with Gasteiger partial charge >= 0.3 is 0 Å². The van der Waals surface area contributed by atoms with Crippen molar-refractivity contribution < 1.29 is 18.0 Å². The zero-order valence-corrected chi connectivity index (χ0v) is 24.7. The molecule has 0 heterocycles. The lowest BCUT2D eigenvalue weighted by molar-refractivity contribution is -0.140. The van der Waals surface area contributed by atoms with Gasteiger partial charge in [0.2, 0.25) is 11.8 Å². The van der Waals surface area contributed by atoms with Crippen LogP contribution in [0.5, 0.6) is 0 Å². The monoisotopic (exact) mass is 589 g/mol. The molecule has 39 heavy (non-hydrogen) atoms. The Hall–Kier alpha value is -3.07. The highest BCUT2D eigenvalue weighted by Crippen LogP contribution is 2.28. The van der Waals surface area contributed by atoms with Gasteiger partial charge in [-0.05, 0) is 63.6 Å². The van der Waals surface area contributed by atoms with E-state index in [1.54, 1.807) is 67.6 Å². The summed E-state index contributed by atoms with van der Waals surface area (Å²) >= 11 is 12.9. The van der Waals surface area contributed by atoms with E-state index in [2.05, 4.69) is 5.32 Å². The lowest BCUT2D eigenvalue weighted by Crippen LogP contribution is -2.53. The van der Waals surface area contributed by atoms with Crippen LogP contribution in [0.3, 0.4) is 0 Å². The molecule has 0 spiro atoms. The fourth-order valence-electron chi connectivity index (χ4n) is 4.11. The summed E-state index contributed by atoms with van der Waals surface area (Å²) in [7, 11) is -4.13. The average Bonchev–Trinajstić information content (AvgIpc) is 2.89. The Labute approximate surface area is 240 Å². The zero-order valence-electron chi connectivity index (χ0n) is 22.4. The topological polar surface area (TPSA) is 86.8 Å². The standard InChI is InChI=1S/C29H33Cl2N3O4S/c1-5-27(29(36)32-20(2)3)33(18-24-25(30)12-9-13-26(24)31)28(35)19-34(22-10-7-6-8-11-22)39(37,38)23-16-14-21(4)15-17-23/h6-17,20,27H,5,18-19H2,1-4H3,(H,32,36). The number of sulfonamides is 1. The van der Waals surface area contributed by atoms with Crippen LogP contribution in [-0.4, -0.2) is 43.8 Å². The number of carbonyl (C=O) groups is 2. The molecule has 0 aliphatic heterocycles. The van der Waals surface area contributed by atoms with Gasteiger partial charge in [-0.2, -0.15) is 0 Å². The average molecular weight is 591 g/mol. The molecular weight excluding hydrogens is 557 g/mol. The third-order valence-electron chi connectivity index (χ3n) is 6.14. The van der Waals surface area contributed by atoms with Crippen molar-refractivity contribution in [2.75, 3.05) is 10.8 Å². The molecule has 0 bridgehead atoms. The van der Waals surface area contributed by atoms with Crippen LogP contribution in [0.25, 0.3) is 0 Å². The molecule has 7 nitrogen and oxygen atoms in total. The first kappa shape index (κ1) is 30.5. The van der Waals surface area contributed by atoms with E-state index in [9.17, 15) is 18.0 Å². The van der Waals surface area contributed by atoms with Crippen LogP contribution in [0.1, 0.15) is 38.3 Å². The number of hydrogen-bond acceptors (Lipinski definition) is 4. The summed E-state index contributed by atoms with van der Waals surface area (Å²) in [5.41, 5.74) is 1.69. The predicted octanol–water partition coefficient (Wildman–Crippen LogP) is 5.83. The van der Waals surface area contributed by atoms with Crippen LogP contribution >= 0.6 is 23.2 Å². The quantitative estimate of drug-likeness (QED) is 0.305. The van der Waals surface area contributed by atoms with Gasteiger partial charge in [0.15, 0.2) is 0 Å². The molecule has 3 rings (SSSR count). The lowest BCUT2D eigenvalue weighted by atomic mass is 10.1. The molecule has 0 aliphatic carbocycles. The summed E-state index contributed by atoms with van der Waals surface area (Å²) in [5, 5.41) is 3.54. The van der Waals surface area contributed by atoms with Crippen molar-refractivity contribution in [3.63, 3.8) is 0 Å². The Kier molecular flexibility index (Phi) is 10.4. The number of aryl methyl sites for hydroxylation is 1. The van der Waals surface area contributed by atoms with Crippen molar-refractivity contribution in [1.29, 1.82) is 0 Å². The molecular formula is C29H33Cl2N3O4S. The van der Waals surface area contributed by atoms with Crippen LogP contribution in [0.4, 0.5) is 5.69 Å². The summed E-state index contributed by atoms with van der Waals surface area (Å²) in [5.74, 6) is -0.923. The van der Waals surface area contributed by atoms with Crippen molar-refractivity contribution in [3.05, 3.63) is 94.0 Å². The fraction of sp³-hybridized carbons (Fsp3) is 0.310. The molecule has 3 aromatic carbocycles. The molecule has 10 heteroatoms. The molecule has 0 aliphatic rings. The van der Waals surface area contributed by atoms with Crippen LogP contribution in [0.2, 0.25) is 10.0 Å². The van der Waals surface area contributed by atoms with Gasteiger partial charge < -0.3 is 10.2 Å². The minimum atomic E-state index is -4.13. The highest BCUT2D eigenvalue weighted by atomic mass is 35.5. The number of halogens is 2. The second-order valence-corrected chi connectivity index (χ2v) is 12.1. The second-order valence-electron chi connectivity index (χ2n) is 9.47. The van der Waals surface area contributed by atoms with Crippen molar-refractivity contribution in [2.45, 2.75) is 57.6 Å². The molecule has 1 N–H and O–H groups in total. The summed E-state index contributed by atoms with van der Waals surface area (Å²) in [6.45, 7) is 6.69. The smallest absolute Gasteiger partial charge is 0.264 e. The van der Waals surface area contributed by atoms with Crippen LogP contribution < -0.4 is 9.62 Å². The van der Waals surface area contributed by atoms with Gasteiger partial charge in [0.05, 0.1) is 10.6 Å². The summed E-state index contributed by atoms with van der Waals surface area (Å²) < 4.78 is 28.7. The van der Waals surface area contributed by atoms with E-state index < -0.39 is 28.5 Å². The maximum absolute atomic E-state index is 14.0. The molecule has 0 radical (unpaired) electrons. The Morgan fingerprint density at radius 1 is 0.897 bits per heavy atom. The Morgan fingerprint density at radius 2 is 1.49 bits per heavy atom. The van der Waals surface area contributed by atoms with E-state index in [1.165, 1.54) is 17.0 Å². The predicted molar refractivity (Wildman–Crippen MR) is 157 cm³/mol. The van der Waals surface area contributed by atoms with Crippen molar-refractivity contribution in [2.24, 2.45) is 0 Å². The van der Waals surface area contributed by atoms with Crippen molar-refractivity contribution in [3.8, 4) is 0 Å². The van der Waals surface area contributed by atoms with Gasteiger partial charge in [-0.15, -0.1) is 0 Å². The number of carbonyl (C=O) groups excluding carboxylic acids is 2. The summed E-state index contributed by atoms with van der Waals surface area (Å²) in [6, 6.07) is 18.8. The molecule has 0 saturated carbocycles. The van der Waals surface area contributed by atoms with E-state index in [4.69, 9.17) is 23.2 Å². The molecule has 0 aromatic heterocycles. The van der Waals surface area contributed by atoms with Crippen LogP contribution in [0, 0.1) is 6.92 Å². The van der Waals surface area contributed by atoms with Gasteiger partial charge in [-0.25, -0.2) is 8.42 Å². The minimum absolute atomic E-state index is 0.0510. The van der Waals surface area contributed by atoms with Crippen molar-refractivity contribution in [1.82, 2.24) is 10.2 Å². The summed E-state index contributed by atoms with van der Waals surface area (Å²) in [4.78, 5) is 28.6.